The minimum Gasteiger partial charge on any atom is -0.495 e. The molecule has 6 nitrogen and oxygen atoms in total. The molecule has 0 aliphatic carbocycles. The topological polar surface area (TPSA) is 74.4 Å². The number of methoxy groups -OCH3 is 1. The minimum atomic E-state index is -0.386. The van der Waals surface area contributed by atoms with Gasteiger partial charge >= 0.3 is 0 Å². The third-order valence-corrected chi connectivity index (χ3v) is 4.89. The number of ether oxygens (including phenoxy) is 1. The van der Waals surface area contributed by atoms with Gasteiger partial charge in [0.1, 0.15) is 11.6 Å². The van der Waals surface area contributed by atoms with E-state index in [9.17, 15) is 14.0 Å². The van der Waals surface area contributed by atoms with Crippen molar-refractivity contribution in [2.45, 2.75) is 13.3 Å². The molecule has 0 aliphatic rings. The number of rotatable bonds is 6. The van der Waals surface area contributed by atoms with Crippen molar-refractivity contribution in [2.75, 3.05) is 26.0 Å². The van der Waals surface area contributed by atoms with Crippen molar-refractivity contribution in [2.24, 2.45) is 0 Å². The summed E-state index contributed by atoms with van der Waals surface area (Å²) in [7, 11) is 3.03. The van der Waals surface area contributed by atoms with Crippen molar-refractivity contribution in [1.29, 1.82) is 0 Å². The van der Waals surface area contributed by atoms with Crippen LogP contribution in [0, 0.1) is 12.7 Å². The molecule has 0 saturated carbocycles. The van der Waals surface area contributed by atoms with Crippen LogP contribution in [0.25, 0.3) is 10.9 Å². The van der Waals surface area contributed by atoms with E-state index in [1.54, 1.807) is 31.3 Å². The highest BCUT2D eigenvalue weighted by Crippen LogP contribution is 2.28. The van der Waals surface area contributed by atoms with Crippen LogP contribution in [0.15, 0.2) is 36.4 Å². The van der Waals surface area contributed by atoms with Gasteiger partial charge in [0.2, 0.25) is 11.8 Å². The number of aromatic nitrogens is 1. The van der Waals surface area contributed by atoms with Crippen molar-refractivity contribution >= 4 is 40.0 Å². The predicted molar refractivity (Wildman–Crippen MR) is 111 cm³/mol. The number of nitrogens with zero attached hydrogens (tertiary/aromatic N) is 1. The molecule has 152 valence electrons. The molecule has 0 aliphatic heterocycles. The Kier molecular flexibility index (Phi) is 6.08. The quantitative estimate of drug-likeness (QED) is 0.638. The summed E-state index contributed by atoms with van der Waals surface area (Å²) in [6.45, 7) is 1.68. The van der Waals surface area contributed by atoms with Crippen LogP contribution in [-0.2, 0) is 16.0 Å². The number of fused-ring (bicyclic) bond motifs is 1. The van der Waals surface area contributed by atoms with Crippen LogP contribution in [0.4, 0.5) is 10.1 Å². The number of benzene rings is 2. The number of carbonyl (C=O) groups excluding carboxylic acids is 2. The van der Waals surface area contributed by atoms with Crippen LogP contribution >= 0.6 is 11.6 Å². The Morgan fingerprint density at radius 2 is 2.00 bits per heavy atom. The largest absolute Gasteiger partial charge is 0.495 e. The fourth-order valence-corrected chi connectivity index (χ4v) is 3.31. The van der Waals surface area contributed by atoms with Gasteiger partial charge in [-0.3, -0.25) is 9.59 Å². The lowest BCUT2D eigenvalue weighted by Crippen LogP contribution is -2.36. The average molecular weight is 418 g/mol. The maximum Gasteiger partial charge on any atom is 0.244 e. The lowest BCUT2D eigenvalue weighted by molar-refractivity contribution is -0.132. The zero-order valence-electron chi connectivity index (χ0n) is 16.3. The van der Waals surface area contributed by atoms with E-state index in [1.807, 2.05) is 6.92 Å². The Morgan fingerprint density at radius 3 is 2.72 bits per heavy atom. The molecule has 1 heterocycles. The van der Waals surface area contributed by atoms with Gasteiger partial charge in [-0.2, -0.15) is 0 Å². The predicted octanol–water partition coefficient (Wildman–Crippen LogP) is 3.92. The highest BCUT2D eigenvalue weighted by atomic mass is 35.5. The second kappa shape index (κ2) is 8.53. The van der Waals surface area contributed by atoms with Crippen molar-refractivity contribution in [1.82, 2.24) is 9.88 Å². The molecule has 3 rings (SSSR count). The van der Waals surface area contributed by atoms with E-state index in [2.05, 4.69) is 10.3 Å². The molecule has 0 spiro atoms. The molecular formula is C21H21ClFN3O3. The van der Waals surface area contributed by atoms with Gasteiger partial charge in [0, 0.05) is 28.7 Å². The Balaban J connectivity index is 1.68. The first-order valence-corrected chi connectivity index (χ1v) is 9.30. The Labute approximate surface area is 172 Å². The second-order valence-electron chi connectivity index (χ2n) is 6.74. The van der Waals surface area contributed by atoms with Crippen LogP contribution in [-0.4, -0.2) is 42.4 Å². The molecule has 2 amide bonds. The molecule has 0 unspecified atom stereocenters. The third kappa shape index (κ3) is 4.68. The molecule has 0 fully saturated rings. The Bertz CT molecular complexity index is 1080. The summed E-state index contributed by atoms with van der Waals surface area (Å²) in [4.78, 5) is 29.5. The second-order valence-corrected chi connectivity index (χ2v) is 7.17. The number of aromatic amines is 1. The molecule has 29 heavy (non-hydrogen) atoms. The lowest BCUT2D eigenvalue weighted by atomic mass is 10.1. The van der Waals surface area contributed by atoms with Gasteiger partial charge < -0.3 is 19.9 Å². The number of amides is 2. The highest BCUT2D eigenvalue weighted by molar-refractivity contribution is 6.31. The van der Waals surface area contributed by atoms with Crippen LogP contribution in [0.5, 0.6) is 5.75 Å². The number of H-pyrrole nitrogens is 1. The molecule has 0 bridgehead atoms. The van der Waals surface area contributed by atoms with E-state index in [-0.39, 0.29) is 30.6 Å². The van der Waals surface area contributed by atoms with Crippen molar-refractivity contribution in [3.8, 4) is 5.75 Å². The zero-order chi connectivity index (χ0) is 21.1. The van der Waals surface area contributed by atoms with Gasteiger partial charge in [0.25, 0.3) is 0 Å². The molecule has 2 N–H and O–H groups in total. The fourth-order valence-electron chi connectivity index (χ4n) is 3.14. The zero-order valence-corrected chi connectivity index (χ0v) is 17.1. The number of halogens is 2. The SMILES string of the molecule is COc1ccc(Cl)cc1NC(=O)CN(C)C(=O)Cc1c(C)[nH]c2ccc(F)cc12. The standard InChI is InChI=1S/C21H21ClFN3O3/c1-12-15(16-9-14(23)5-6-17(16)24-12)10-21(28)26(2)11-20(27)25-18-8-13(22)4-7-19(18)29-3/h4-9,24H,10-11H2,1-3H3,(H,25,27). The van der Waals surface area contributed by atoms with E-state index in [0.717, 1.165) is 11.2 Å². The van der Waals surface area contributed by atoms with Crippen LogP contribution in [0.2, 0.25) is 5.02 Å². The molecule has 2 aromatic carbocycles. The number of nitrogens with one attached hydrogen (secondary N) is 2. The van der Waals surface area contributed by atoms with Crippen LogP contribution in [0.3, 0.4) is 0 Å². The summed E-state index contributed by atoms with van der Waals surface area (Å²) < 4.78 is 18.8. The smallest absolute Gasteiger partial charge is 0.244 e. The molecule has 3 aromatic rings. The van der Waals surface area contributed by atoms with Gasteiger partial charge in [0.05, 0.1) is 25.8 Å². The Morgan fingerprint density at radius 1 is 1.24 bits per heavy atom. The number of hydrogen-bond acceptors (Lipinski definition) is 3. The minimum absolute atomic E-state index is 0.0551. The first-order valence-electron chi connectivity index (χ1n) is 8.92. The van der Waals surface area contributed by atoms with Crippen molar-refractivity contribution < 1.29 is 18.7 Å². The van der Waals surface area contributed by atoms with Crippen molar-refractivity contribution in [3.05, 3.63) is 58.5 Å². The maximum atomic E-state index is 13.6. The normalized spacial score (nSPS) is 10.8. The number of aryl methyl sites for hydroxylation is 1. The maximum absolute atomic E-state index is 13.6. The summed E-state index contributed by atoms with van der Waals surface area (Å²) >= 11 is 5.97. The van der Waals surface area contributed by atoms with E-state index in [0.29, 0.717) is 27.4 Å². The van der Waals surface area contributed by atoms with E-state index >= 15 is 0 Å². The number of likely N-dealkylation sites (N-methyl/N-ethyl adjacent to an activating group) is 1. The van der Waals surface area contributed by atoms with E-state index in [4.69, 9.17) is 16.3 Å². The molecule has 0 radical (unpaired) electrons. The molecular weight excluding hydrogens is 397 g/mol. The lowest BCUT2D eigenvalue weighted by Gasteiger charge is -2.18. The molecule has 0 atom stereocenters. The van der Waals surface area contributed by atoms with Gasteiger partial charge in [-0.25, -0.2) is 4.39 Å². The van der Waals surface area contributed by atoms with Gasteiger partial charge in [0.15, 0.2) is 0 Å². The van der Waals surface area contributed by atoms with Gasteiger partial charge in [-0.1, -0.05) is 11.6 Å². The van der Waals surface area contributed by atoms with Crippen molar-refractivity contribution in [3.63, 3.8) is 0 Å². The monoisotopic (exact) mass is 417 g/mol. The summed E-state index contributed by atoms with van der Waals surface area (Å²) in [5.41, 5.74) is 2.70. The fraction of sp³-hybridized carbons (Fsp3) is 0.238. The summed E-state index contributed by atoms with van der Waals surface area (Å²) in [6.07, 6.45) is 0.0551. The number of anilines is 1. The van der Waals surface area contributed by atoms with E-state index < -0.39 is 0 Å². The van der Waals surface area contributed by atoms with Crippen LogP contribution in [0.1, 0.15) is 11.3 Å². The summed E-state index contributed by atoms with van der Waals surface area (Å²) in [5, 5.41) is 3.81. The Hall–Kier alpha value is -3.06. The third-order valence-electron chi connectivity index (χ3n) is 4.65. The van der Waals surface area contributed by atoms with Gasteiger partial charge in [-0.05, 0) is 48.9 Å². The molecule has 0 saturated heterocycles. The highest BCUT2D eigenvalue weighted by Gasteiger charge is 2.18. The van der Waals surface area contributed by atoms with E-state index in [1.165, 1.54) is 24.1 Å². The van der Waals surface area contributed by atoms with Crippen LogP contribution < -0.4 is 10.1 Å². The van der Waals surface area contributed by atoms with Gasteiger partial charge in [-0.15, -0.1) is 0 Å². The number of carbonyl (C=O) groups is 2. The molecule has 8 heteroatoms. The average Bonchev–Trinajstić information content (AvgIpc) is 2.96. The first-order chi connectivity index (χ1) is 13.8. The number of hydrogen-bond donors (Lipinski definition) is 2. The molecule has 1 aromatic heterocycles. The summed E-state index contributed by atoms with van der Waals surface area (Å²) in [5.74, 6) is -0.545. The first kappa shape index (κ1) is 20.7. The summed E-state index contributed by atoms with van der Waals surface area (Å²) in [6, 6.07) is 9.28.